The van der Waals surface area contributed by atoms with E-state index in [-0.39, 0.29) is 23.4 Å². The molecule has 4 rings (SSSR count). The summed E-state index contributed by atoms with van der Waals surface area (Å²) in [5.41, 5.74) is 2.47. The summed E-state index contributed by atoms with van der Waals surface area (Å²) in [6.45, 7) is 1.55. The number of anilines is 1. The quantitative estimate of drug-likeness (QED) is 0.361. The summed E-state index contributed by atoms with van der Waals surface area (Å²) in [6.07, 6.45) is 0.757. The molecular formula is C22H18N2O6. The number of rotatable bonds is 5. The van der Waals surface area contributed by atoms with Crippen molar-refractivity contribution in [1.82, 2.24) is 0 Å². The number of ether oxygens (including phenoxy) is 1. The SMILES string of the molecule is C[C@@H]1Cc2ccccc2N1C(=O)COC(=O)c1ccc(-c2ccc([N+](=O)[O-])cc2)o1. The second-order valence-corrected chi connectivity index (χ2v) is 6.99. The number of nitro benzene ring substituents is 1. The molecule has 0 saturated carbocycles. The molecule has 0 unspecified atom stereocenters. The molecule has 0 fully saturated rings. The average Bonchev–Trinajstić information content (AvgIpc) is 3.36. The second kappa shape index (κ2) is 7.82. The topological polar surface area (TPSA) is 103 Å². The molecule has 152 valence electrons. The van der Waals surface area contributed by atoms with Crippen molar-refractivity contribution in [2.75, 3.05) is 11.5 Å². The highest BCUT2D eigenvalue weighted by molar-refractivity contribution is 5.98. The van der Waals surface area contributed by atoms with Gasteiger partial charge in [0.25, 0.3) is 11.6 Å². The van der Waals surface area contributed by atoms with Crippen molar-refractivity contribution in [3.63, 3.8) is 0 Å². The first-order valence-corrected chi connectivity index (χ1v) is 9.36. The van der Waals surface area contributed by atoms with Gasteiger partial charge in [-0.1, -0.05) is 18.2 Å². The largest absolute Gasteiger partial charge is 0.450 e. The lowest BCUT2D eigenvalue weighted by atomic mass is 10.1. The molecule has 8 nitrogen and oxygen atoms in total. The number of carbonyl (C=O) groups excluding carboxylic acids is 2. The van der Waals surface area contributed by atoms with E-state index < -0.39 is 17.5 Å². The lowest BCUT2D eigenvalue weighted by Gasteiger charge is -2.22. The van der Waals surface area contributed by atoms with Gasteiger partial charge in [-0.05, 0) is 49.2 Å². The number of carbonyl (C=O) groups is 2. The molecule has 1 aliphatic rings. The van der Waals surface area contributed by atoms with Crippen LogP contribution in [-0.2, 0) is 16.0 Å². The number of benzene rings is 2. The van der Waals surface area contributed by atoms with Crippen molar-refractivity contribution in [1.29, 1.82) is 0 Å². The van der Waals surface area contributed by atoms with Crippen molar-refractivity contribution in [2.24, 2.45) is 0 Å². The fourth-order valence-electron chi connectivity index (χ4n) is 3.56. The molecule has 3 aromatic rings. The van der Waals surface area contributed by atoms with E-state index in [1.54, 1.807) is 11.0 Å². The smallest absolute Gasteiger partial charge is 0.374 e. The van der Waals surface area contributed by atoms with Crippen LogP contribution >= 0.6 is 0 Å². The van der Waals surface area contributed by atoms with Gasteiger partial charge in [0.2, 0.25) is 5.76 Å². The predicted octanol–water partition coefficient (Wildman–Crippen LogP) is 3.99. The standard InChI is InChI=1S/C22H18N2O6/c1-14-12-16-4-2-3-5-18(16)23(14)21(25)13-29-22(26)20-11-10-19(30-20)15-6-8-17(9-7-15)24(27)28/h2-11,14H,12-13H2,1H3/t14-/m1/s1. The maximum atomic E-state index is 12.6. The maximum Gasteiger partial charge on any atom is 0.374 e. The summed E-state index contributed by atoms with van der Waals surface area (Å²) in [5, 5.41) is 10.7. The average molecular weight is 406 g/mol. The minimum absolute atomic E-state index is 0.00838. The van der Waals surface area contributed by atoms with Gasteiger partial charge >= 0.3 is 5.97 Å². The number of hydrogen-bond donors (Lipinski definition) is 0. The van der Waals surface area contributed by atoms with Gasteiger partial charge in [-0.3, -0.25) is 14.9 Å². The number of fused-ring (bicyclic) bond motifs is 1. The van der Waals surface area contributed by atoms with Gasteiger partial charge in [-0.2, -0.15) is 0 Å². The minimum Gasteiger partial charge on any atom is -0.450 e. The highest BCUT2D eigenvalue weighted by atomic mass is 16.6. The van der Waals surface area contributed by atoms with E-state index in [9.17, 15) is 19.7 Å². The third kappa shape index (κ3) is 3.67. The Morgan fingerprint density at radius 3 is 2.60 bits per heavy atom. The van der Waals surface area contributed by atoms with E-state index in [1.807, 2.05) is 31.2 Å². The van der Waals surface area contributed by atoms with Crippen LogP contribution in [0.4, 0.5) is 11.4 Å². The fraction of sp³-hybridized carbons (Fsp3) is 0.182. The summed E-state index contributed by atoms with van der Waals surface area (Å²) < 4.78 is 10.6. The van der Waals surface area contributed by atoms with Crippen LogP contribution < -0.4 is 4.90 Å². The number of hydrogen-bond acceptors (Lipinski definition) is 6. The molecule has 1 atom stereocenters. The number of para-hydroxylation sites is 1. The lowest BCUT2D eigenvalue weighted by molar-refractivity contribution is -0.384. The van der Waals surface area contributed by atoms with Crippen LogP contribution in [0.2, 0.25) is 0 Å². The highest BCUT2D eigenvalue weighted by Gasteiger charge is 2.31. The zero-order valence-electron chi connectivity index (χ0n) is 16.1. The summed E-state index contributed by atoms with van der Waals surface area (Å²) in [5.74, 6) is -0.740. The van der Waals surface area contributed by atoms with Crippen molar-refractivity contribution in [2.45, 2.75) is 19.4 Å². The van der Waals surface area contributed by atoms with Crippen LogP contribution in [-0.4, -0.2) is 29.4 Å². The van der Waals surface area contributed by atoms with Crippen molar-refractivity contribution >= 4 is 23.3 Å². The Bertz CT molecular complexity index is 1120. The Morgan fingerprint density at radius 1 is 1.13 bits per heavy atom. The van der Waals surface area contributed by atoms with Gasteiger partial charge in [0.1, 0.15) is 5.76 Å². The Kier molecular flexibility index (Phi) is 5.05. The number of amides is 1. The normalized spacial score (nSPS) is 15.0. The minimum atomic E-state index is -0.753. The summed E-state index contributed by atoms with van der Waals surface area (Å²) in [4.78, 5) is 36.8. The molecule has 0 aliphatic carbocycles. The summed E-state index contributed by atoms with van der Waals surface area (Å²) in [6, 6.07) is 16.4. The molecular weight excluding hydrogens is 388 g/mol. The van der Waals surface area contributed by atoms with Crippen LogP contribution in [0.5, 0.6) is 0 Å². The number of nitro groups is 1. The van der Waals surface area contributed by atoms with Crippen LogP contribution in [0, 0.1) is 10.1 Å². The molecule has 30 heavy (non-hydrogen) atoms. The monoisotopic (exact) mass is 406 g/mol. The van der Waals surface area contributed by atoms with Gasteiger partial charge in [0.15, 0.2) is 6.61 Å². The molecule has 0 bridgehead atoms. The zero-order valence-corrected chi connectivity index (χ0v) is 16.1. The van der Waals surface area contributed by atoms with E-state index >= 15 is 0 Å². The molecule has 0 spiro atoms. The van der Waals surface area contributed by atoms with Crippen LogP contribution in [0.15, 0.2) is 65.1 Å². The van der Waals surface area contributed by atoms with Crippen molar-refractivity contribution < 1.29 is 23.7 Å². The molecule has 2 heterocycles. The fourth-order valence-corrected chi connectivity index (χ4v) is 3.56. The molecule has 1 amide bonds. The van der Waals surface area contributed by atoms with E-state index in [0.29, 0.717) is 11.3 Å². The first kappa shape index (κ1) is 19.4. The third-order valence-corrected chi connectivity index (χ3v) is 4.97. The van der Waals surface area contributed by atoms with Gasteiger partial charge in [-0.25, -0.2) is 4.79 Å². The second-order valence-electron chi connectivity index (χ2n) is 6.99. The lowest BCUT2D eigenvalue weighted by Crippen LogP contribution is -2.38. The molecule has 2 aromatic carbocycles. The number of esters is 1. The van der Waals surface area contributed by atoms with E-state index in [4.69, 9.17) is 9.15 Å². The molecule has 0 N–H and O–H groups in total. The number of nitrogens with zero attached hydrogens (tertiary/aromatic N) is 2. The molecule has 1 aliphatic heterocycles. The summed E-state index contributed by atoms with van der Waals surface area (Å²) in [7, 11) is 0. The van der Waals surface area contributed by atoms with Crippen LogP contribution in [0.3, 0.4) is 0 Å². The molecule has 0 saturated heterocycles. The first-order chi connectivity index (χ1) is 14.4. The highest BCUT2D eigenvalue weighted by Crippen LogP contribution is 2.32. The molecule has 0 radical (unpaired) electrons. The van der Waals surface area contributed by atoms with E-state index in [0.717, 1.165) is 17.7 Å². The Labute approximate surface area is 171 Å². The van der Waals surface area contributed by atoms with Crippen LogP contribution in [0.25, 0.3) is 11.3 Å². The van der Waals surface area contributed by atoms with Crippen molar-refractivity contribution in [3.8, 4) is 11.3 Å². The van der Waals surface area contributed by atoms with E-state index in [2.05, 4.69) is 0 Å². The Morgan fingerprint density at radius 2 is 1.87 bits per heavy atom. The molecule has 8 heteroatoms. The van der Waals surface area contributed by atoms with Crippen LogP contribution in [0.1, 0.15) is 23.0 Å². The first-order valence-electron chi connectivity index (χ1n) is 9.36. The van der Waals surface area contributed by atoms with Gasteiger partial charge in [-0.15, -0.1) is 0 Å². The Balaban J connectivity index is 1.40. The molecule has 1 aromatic heterocycles. The Hall–Kier alpha value is -3.94. The van der Waals surface area contributed by atoms with Gasteiger partial charge in [0, 0.05) is 29.4 Å². The van der Waals surface area contributed by atoms with E-state index in [1.165, 1.54) is 30.3 Å². The predicted molar refractivity (Wildman–Crippen MR) is 108 cm³/mol. The maximum absolute atomic E-state index is 12.6. The van der Waals surface area contributed by atoms with Gasteiger partial charge < -0.3 is 14.1 Å². The zero-order chi connectivity index (χ0) is 21.3. The number of non-ortho nitro benzene ring substituents is 1. The summed E-state index contributed by atoms with van der Waals surface area (Å²) >= 11 is 0. The van der Waals surface area contributed by atoms with Gasteiger partial charge in [0.05, 0.1) is 4.92 Å². The number of furan rings is 1. The van der Waals surface area contributed by atoms with Crippen molar-refractivity contribution in [3.05, 3.63) is 82.1 Å². The third-order valence-electron chi connectivity index (χ3n) is 4.97.